The van der Waals surface area contributed by atoms with Gasteiger partial charge in [-0.2, -0.15) is 5.26 Å². The summed E-state index contributed by atoms with van der Waals surface area (Å²) in [5, 5.41) is 13.8. The standard InChI is InChI=1S/C15H19N3O/c1-5-17-9-12-14(8-16)18(3)13-7-11(19-4)6-10(2)15(12)13/h6-7,17H,5,9H2,1-4H3. The van der Waals surface area contributed by atoms with Crippen LogP contribution in [0, 0.1) is 18.3 Å². The number of aryl methyl sites for hydroxylation is 2. The zero-order valence-corrected chi connectivity index (χ0v) is 11.9. The first-order valence-electron chi connectivity index (χ1n) is 6.40. The van der Waals surface area contributed by atoms with E-state index in [0.717, 1.165) is 34.3 Å². The van der Waals surface area contributed by atoms with Gasteiger partial charge in [-0.3, -0.25) is 0 Å². The van der Waals surface area contributed by atoms with E-state index in [4.69, 9.17) is 4.74 Å². The largest absolute Gasteiger partial charge is 0.497 e. The van der Waals surface area contributed by atoms with Crippen molar-refractivity contribution < 1.29 is 4.74 Å². The Morgan fingerprint density at radius 3 is 2.74 bits per heavy atom. The van der Waals surface area contributed by atoms with Gasteiger partial charge in [0.2, 0.25) is 0 Å². The minimum Gasteiger partial charge on any atom is -0.497 e. The van der Waals surface area contributed by atoms with Crippen LogP contribution in [0.15, 0.2) is 12.1 Å². The molecule has 2 rings (SSSR count). The molecule has 100 valence electrons. The smallest absolute Gasteiger partial charge is 0.125 e. The Kier molecular flexibility index (Phi) is 3.77. The van der Waals surface area contributed by atoms with Gasteiger partial charge in [-0.1, -0.05) is 6.92 Å². The summed E-state index contributed by atoms with van der Waals surface area (Å²) in [5.74, 6) is 0.824. The van der Waals surface area contributed by atoms with Crippen molar-refractivity contribution in [3.8, 4) is 11.8 Å². The molecule has 0 saturated carbocycles. The molecule has 0 aliphatic rings. The summed E-state index contributed by atoms with van der Waals surface area (Å²) in [5.41, 5.74) is 3.97. The molecule has 0 spiro atoms. The fraction of sp³-hybridized carbons (Fsp3) is 0.400. The minimum absolute atomic E-state index is 0.712. The van der Waals surface area contributed by atoms with E-state index in [1.54, 1.807) is 7.11 Å². The Labute approximate surface area is 113 Å². The molecule has 0 aliphatic heterocycles. The van der Waals surface area contributed by atoms with E-state index in [2.05, 4.69) is 25.2 Å². The molecule has 0 bridgehead atoms. The second-order valence-corrected chi connectivity index (χ2v) is 4.62. The monoisotopic (exact) mass is 257 g/mol. The molecule has 4 heteroatoms. The highest BCUT2D eigenvalue weighted by Crippen LogP contribution is 2.31. The van der Waals surface area contributed by atoms with Gasteiger partial charge in [0, 0.05) is 30.6 Å². The third-order valence-corrected chi connectivity index (χ3v) is 3.47. The molecule has 0 aliphatic carbocycles. The number of nitrogens with one attached hydrogen (secondary N) is 1. The lowest BCUT2D eigenvalue weighted by molar-refractivity contribution is 0.415. The second-order valence-electron chi connectivity index (χ2n) is 4.62. The Hall–Kier alpha value is -1.99. The van der Waals surface area contributed by atoms with Crippen molar-refractivity contribution in [2.45, 2.75) is 20.4 Å². The molecule has 0 radical (unpaired) electrons. The van der Waals surface area contributed by atoms with Gasteiger partial charge >= 0.3 is 0 Å². The first-order valence-corrected chi connectivity index (χ1v) is 6.40. The van der Waals surface area contributed by atoms with Crippen LogP contribution in [0.25, 0.3) is 10.9 Å². The number of benzene rings is 1. The highest BCUT2D eigenvalue weighted by atomic mass is 16.5. The van der Waals surface area contributed by atoms with E-state index < -0.39 is 0 Å². The van der Waals surface area contributed by atoms with Gasteiger partial charge < -0.3 is 14.6 Å². The molecular formula is C15H19N3O. The van der Waals surface area contributed by atoms with Crippen LogP contribution in [0.4, 0.5) is 0 Å². The number of ether oxygens (including phenoxy) is 1. The zero-order chi connectivity index (χ0) is 14.0. The summed E-state index contributed by atoms with van der Waals surface area (Å²) in [4.78, 5) is 0. The number of rotatable bonds is 4. The number of fused-ring (bicyclic) bond motifs is 1. The average molecular weight is 257 g/mol. The van der Waals surface area contributed by atoms with E-state index in [1.165, 1.54) is 0 Å². The first kappa shape index (κ1) is 13.4. The maximum absolute atomic E-state index is 9.39. The normalized spacial score (nSPS) is 10.7. The van der Waals surface area contributed by atoms with Crippen molar-refractivity contribution in [2.24, 2.45) is 7.05 Å². The van der Waals surface area contributed by atoms with E-state index in [-0.39, 0.29) is 0 Å². The molecule has 0 amide bonds. The molecule has 0 saturated heterocycles. The Bertz CT molecular complexity index is 650. The molecule has 0 atom stereocenters. The Morgan fingerprint density at radius 2 is 2.16 bits per heavy atom. The Balaban J connectivity index is 2.75. The molecule has 1 aromatic heterocycles. The lowest BCUT2D eigenvalue weighted by Gasteiger charge is -2.06. The molecule has 19 heavy (non-hydrogen) atoms. The first-order chi connectivity index (χ1) is 9.13. The van der Waals surface area contributed by atoms with Crippen LogP contribution in [0.1, 0.15) is 23.7 Å². The quantitative estimate of drug-likeness (QED) is 0.915. The highest BCUT2D eigenvalue weighted by Gasteiger charge is 2.17. The van der Waals surface area contributed by atoms with E-state index in [0.29, 0.717) is 12.2 Å². The maximum atomic E-state index is 9.39. The van der Waals surface area contributed by atoms with Gasteiger partial charge in [-0.05, 0) is 25.1 Å². The summed E-state index contributed by atoms with van der Waals surface area (Å²) in [6.45, 7) is 5.72. The van der Waals surface area contributed by atoms with Gasteiger partial charge in [0.25, 0.3) is 0 Å². The van der Waals surface area contributed by atoms with Gasteiger partial charge in [0.15, 0.2) is 0 Å². The third-order valence-electron chi connectivity index (χ3n) is 3.47. The number of nitrogens with zero attached hydrogens (tertiary/aromatic N) is 2. The lowest BCUT2D eigenvalue weighted by atomic mass is 10.1. The minimum atomic E-state index is 0.712. The molecule has 1 N–H and O–H groups in total. The molecule has 1 heterocycles. The van der Waals surface area contributed by atoms with Crippen molar-refractivity contribution >= 4 is 10.9 Å². The topological polar surface area (TPSA) is 50.0 Å². The maximum Gasteiger partial charge on any atom is 0.125 e. The number of nitriles is 1. The molecule has 0 unspecified atom stereocenters. The summed E-state index contributed by atoms with van der Waals surface area (Å²) >= 11 is 0. The number of aromatic nitrogens is 1. The SMILES string of the molecule is CCNCc1c(C#N)n(C)c2cc(OC)cc(C)c12. The van der Waals surface area contributed by atoms with Crippen LogP contribution in [-0.2, 0) is 13.6 Å². The van der Waals surface area contributed by atoms with E-state index in [9.17, 15) is 5.26 Å². The van der Waals surface area contributed by atoms with Crippen molar-refractivity contribution in [2.75, 3.05) is 13.7 Å². The third kappa shape index (κ3) is 2.18. The fourth-order valence-electron chi connectivity index (χ4n) is 2.52. The predicted octanol–water partition coefficient (Wildman–Crippen LogP) is 2.48. The van der Waals surface area contributed by atoms with Gasteiger partial charge in [0.05, 0.1) is 12.6 Å². The van der Waals surface area contributed by atoms with Gasteiger partial charge in [-0.25, -0.2) is 0 Å². The lowest BCUT2D eigenvalue weighted by Crippen LogP contribution is -2.12. The van der Waals surface area contributed by atoms with Gasteiger partial charge in [-0.15, -0.1) is 0 Å². The fourth-order valence-corrected chi connectivity index (χ4v) is 2.52. The number of hydrogen-bond acceptors (Lipinski definition) is 3. The zero-order valence-electron chi connectivity index (χ0n) is 11.9. The van der Waals surface area contributed by atoms with Crippen molar-refractivity contribution in [3.05, 3.63) is 29.0 Å². The molecule has 2 aromatic rings. The van der Waals surface area contributed by atoms with E-state index in [1.807, 2.05) is 23.7 Å². The van der Waals surface area contributed by atoms with Crippen molar-refractivity contribution in [3.63, 3.8) is 0 Å². The van der Waals surface area contributed by atoms with Crippen LogP contribution in [0.5, 0.6) is 5.75 Å². The van der Waals surface area contributed by atoms with Crippen LogP contribution in [-0.4, -0.2) is 18.2 Å². The summed E-state index contributed by atoms with van der Waals surface area (Å²) in [6.07, 6.45) is 0. The van der Waals surface area contributed by atoms with Crippen LogP contribution >= 0.6 is 0 Å². The van der Waals surface area contributed by atoms with Gasteiger partial charge in [0.1, 0.15) is 17.5 Å². The molecule has 0 fully saturated rings. The van der Waals surface area contributed by atoms with Crippen molar-refractivity contribution in [1.29, 1.82) is 5.26 Å². The predicted molar refractivity (Wildman–Crippen MR) is 76.3 cm³/mol. The average Bonchev–Trinajstić information content (AvgIpc) is 2.69. The summed E-state index contributed by atoms with van der Waals surface area (Å²) < 4.78 is 7.25. The van der Waals surface area contributed by atoms with Crippen LogP contribution in [0.2, 0.25) is 0 Å². The molecular weight excluding hydrogens is 238 g/mol. The summed E-state index contributed by atoms with van der Waals surface area (Å²) in [7, 11) is 3.59. The van der Waals surface area contributed by atoms with Crippen LogP contribution < -0.4 is 10.1 Å². The summed E-state index contributed by atoms with van der Waals surface area (Å²) in [6, 6.07) is 6.31. The number of hydrogen-bond donors (Lipinski definition) is 1. The number of methoxy groups -OCH3 is 1. The molecule has 1 aromatic carbocycles. The molecule has 4 nitrogen and oxygen atoms in total. The van der Waals surface area contributed by atoms with Crippen LogP contribution in [0.3, 0.4) is 0 Å². The highest BCUT2D eigenvalue weighted by molar-refractivity contribution is 5.90. The second kappa shape index (κ2) is 5.33. The van der Waals surface area contributed by atoms with E-state index >= 15 is 0 Å². The Morgan fingerprint density at radius 1 is 1.42 bits per heavy atom. The van der Waals surface area contributed by atoms with Crippen molar-refractivity contribution in [1.82, 2.24) is 9.88 Å².